The van der Waals surface area contributed by atoms with Crippen LogP contribution in [0.5, 0.6) is 11.5 Å². The van der Waals surface area contributed by atoms with Crippen LogP contribution in [0.15, 0.2) is 115 Å². The summed E-state index contributed by atoms with van der Waals surface area (Å²) < 4.78 is 17.8. The van der Waals surface area contributed by atoms with Crippen molar-refractivity contribution in [2.24, 2.45) is 0 Å². The van der Waals surface area contributed by atoms with Gasteiger partial charge in [0.2, 0.25) is 0 Å². The Morgan fingerprint density at radius 3 is 2.00 bits per heavy atom. The van der Waals surface area contributed by atoms with Crippen molar-refractivity contribution in [3.63, 3.8) is 0 Å². The topological polar surface area (TPSA) is 48.0 Å². The molecule has 2 atom stereocenters. The third kappa shape index (κ3) is 6.05. The first kappa shape index (κ1) is 23.5. The number of amides is 1. The summed E-state index contributed by atoms with van der Waals surface area (Å²) in [6.07, 6.45) is 0.369. The highest BCUT2D eigenvalue weighted by Gasteiger charge is 2.39. The van der Waals surface area contributed by atoms with Crippen molar-refractivity contribution < 1.29 is 19.0 Å². The van der Waals surface area contributed by atoms with E-state index in [1.54, 1.807) is 4.90 Å². The van der Waals surface area contributed by atoms with Crippen LogP contribution in [-0.4, -0.2) is 29.9 Å². The van der Waals surface area contributed by atoms with Gasteiger partial charge < -0.3 is 14.2 Å². The van der Waals surface area contributed by atoms with E-state index in [-0.39, 0.29) is 12.1 Å². The zero-order valence-corrected chi connectivity index (χ0v) is 20.0. The molecule has 0 radical (unpaired) electrons. The fourth-order valence-corrected chi connectivity index (χ4v) is 4.38. The van der Waals surface area contributed by atoms with Crippen molar-refractivity contribution in [1.82, 2.24) is 4.90 Å². The van der Waals surface area contributed by atoms with Gasteiger partial charge in [0.25, 0.3) is 0 Å². The maximum Gasteiger partial charge on any atom is 0.413 e. The molecule has 1 saturated heterocycles. The number of nitrogens with zero attached hydrogens (tertiary/aromatic N) is 1. The van der Waals surface area contributed by atoms with Crippen molar-refractivity contribution in [2.75, 3.05) is 6.61 Å². The van der Waals surface area contributed by atoms with E-state index in [2.05, 4.69) is 12.1 Å². The summed E-state index contributed by atoms with van der Waals surface area (Å²) in [5, 5.41) is 0. The van der Waals surface area contributed by atoms with Crippen molar-refractivity contribution in [1.29, 1.82) is 0 Å². The van der Waals surface area contributed by atoms with E-state index in [1.807, 2.05) is 103 Å². The molecule has 0 spiro atoms. The predicted octanol–water partition coefficient (Wildman–Crippen LogP) is 6.28. The first-order chi connectivity index (χ1) is 17.7. The van der Waals surface area contributed by atoms with E-state index in [0.717, 1.165) is 22.4 Å². The lowest BCUT2D eigenvalue weighted by Gasteiger charge is -2.31. The van der Waals surface area contributed by atoms with Crippen LogP contribution in [0.4, 0.5) is 4.79 Å². The zero-order valence-electron chi connectivity index (χ0n) is 20.0. The molecule has 5 heteroatoms. The summed E-state index contributed by atoms with van der Waals surface area (Å²) in [5.41, 5.74) is 3.32. The summed E-state index contributed by atoms with van der Waals surface area (Å²) in [5.74, 6) is 1.51. The number of ether oxygens (including phenoxy) is 3. The van der Waals surface area contributed by atoms with Gasteiger partial charge in [0, 0.05) is 6.42 Å². The maximum absolute atomic E-state index is 12.9. The highest BCUT2D eigenvalue weighted by molar-refractivity contribution is 5.70. The fourth-order valence-electron chi connectivity index (χ4n) is 4.38. The molecule has 36 heavy (non-hydrogen) atoms. The molecular weight excluding hydrogens is 450 g/mol. The normalized spacial score (nSPS) is 15.8. The molecular formula is C31H29NO4. The lowest BCUT2D eigenvalue weighted by molar-refractivity contribution is 0.0393. The highest BCUT2D eigenvalue weighted by atomic mass is 16.6. The lowest BCUT2D eigenvalue weighted by Crippen LogP contribution is -2.47. The molecule has 182 valence electrons. The van der Waals surface area contributed by atoms with Gasteiger partial charge in [-0.2, -0.15) is 0 Å². The molecule has 4 aromatic rings. The maximum atomic E-state index is 12.9. The number of cyclic esters (lactones) is 1. The molecule has 1 aliphatic rings. The van der Waals surface area contributed by atoms with Crippen LogP contribution >= 0.6 is 0 Å². The number of hydrogen-bond donors (Lipinski definition) is 0. The molecule has 1 amide bonds. The van der Waals surface area contributed by atoms with Gasteiger partial charge in [0.15, 0.2) is 6.23 Å². The quantitative estimate of drug-likeness (QED) is 0.269. The van der Waals surface area contributed by atoms with Gasteiger partial charge in [-0.1, -0.05) is 91.0 Å². The van der Waals surface area contributed by atoms with Crippen molar-refractivity contribution in [3.8, 4) is 11.5 Å². The Balaban J connectivity index is 1.32. The number of benzene rings is 4. The Bertz CT molecular complexity index is 1230. The van der Waals surface area contributed by atoms with E-state index < -0.39 is 6.23 Å². The summed E-state index contributed by atoms with van der Waals surface area (Å²) in [4.78, 5) is 14.6. The Hall–Kier alpha value is -4.25. The Labute approximate surface area is 211 Å². The molecule has 1 heterocycles. The van der Waals surface area contributed by atoms with E-state index in [9.17, 15) is 4.79 Å². The van der Waals surface area contributed by atoms with Gasteiger partial charge in [-0.3, -0.25) is 4.90 Å². The first-order valence-corrected chi connectivity index (χ1v) is 12.2. The minimum Gasteiger partial charge on any atom is -0.489 e. The van der Waals surface area contributed by atoms with Crippen LogP contribution in [0.1, 0.15) is 16.7 Å². The van der Waals surface area contributed by atoms with Gasteiger partial charge in [-0.05, 0) is 47.4 Å². The molecule has 5 nitrogen and oxygen atoms in total. The van der Waals surface area contributed by atoms with Gasteiger partial charge in [0.05, 0.1) is 6.04 Å². The largest absolute Gasteiger partial charge is 0.489 e. The second-order valence-corrected chi connectivity index (χ2v) is 8.84. The molecule has 0 aliphatic carbocycles. The minimum atomic E-state index is -0.507. The summed E-state index contributed by atoms with van der Waals surface area (Å²) in [6, 6.07) is 37.7. The number of rotatable bonds is 10. The molecule has 4 aromatic carbocycles. The molecule has 1 fully saturated rings. The van der Waals surface area contributed by atoms with Crippen LogP contribution in [-0.2, 0) is 24.2 Å². The van der Waals surface area contributed by atoms with Gasteiger partial charge >= 0.3 is 6.09 Å². The summed E-state index contributed by atoms with van der Waals surface area (Å²) >= 11 is 0. The first-order valence-electron chi connectivity index (χ1n) is 12.2. The highest BCUT2D eigenvalue weighted by Crippen LogP contribution is 2.26. The third-order valence-electron chi connectivity index (χ3n) is 6.23. The summed E-state index contributed by atoms with van der Waals surface area (Å²) in [6.45, 7) is 0.857. The minimum absolute atomic E-state index is 0.109. The molecule has 1 aliphatic heterocycles. The van der Waals surface area contributed by atoms with Crippen molar-refractivity contribution >= 4 is 6.09 Å². The Kier molecular flexibility index (Phi) is 7.47. The van der Waals surface area contributed by atoms with Gasteiger partial charge in [-0.25, -0.2) is 4.79 Å². The number of carbonyl (C=O) groups is 1. The van der Waals surface area contributed by atoms with E-state index in [1.165, 1.54) is 0 Å². The smallest absolute Gasteiger partial charge is 0.413 e. The third-order valence-corrected chi connectivity index (χ3v) is 6.23. The monoisotopic (exact) mass is 479 g/mol. The molecule has 0 N–H and O–H groups in total. The molecule has 1 unspecified atom stereocenters. The standard InChI is InChI=1S/C31H29NO4/c33-31-32(27(23-35-31)20-24-10-4-1-5-11-24)30(36-29-14-8-3-9-15-29)21-25-16-18-28(19-17-25)34-22-26-12-6-2-7-13-26/h1-19,27,30H,20-23H2/t27?,30-/m0/s1. The van der Waals surface area contributed by atoms with Crippen molar-refractivity contribution in [2.45, 2.75) is 31.7 Å². The van der Waals surface area contributed by atoms with E-state index >= 15 is 0 Å². The number of hydrogen-bond acceptors (Lipinski definition) is 4. The van der Waals surface area contributed by atoms with Crippen LogP contribution < -0.4 is 9.47 Å². The SMILES string of the molecule is O=C1OCC(Cc2ccccc2)N1[C@H](Cc1ccc(OCc2ccccc2)cc1)Oc1ccccc1. The molecule has 0 bridgehead atoms. The molecule has 0 saturated carbocycles. The summed E-state index contributed by atoms with van der Waals surface area (Å²) in [7, 11) is 0. The van der Waals surface area contributed by atoms with Gasteiger partial charge in [0.1, 0.15) is 24.7 Å². The Morgan fingerprint density at radius 2 is 1.33 bits per heavy atom. The molecule has 0 aromatic heterocycles. The number of carbonyl (C=O) groups excluding carboxylic acids is 1. The number of para-hydroxylation sites is 1. The molecule has 5 rings (SSSR count). The van der Waals surface area contributed by atoms with Gasteiger partial charge in [-0.15, -0.1) is 0 Å². The van der Waals surface area contributed by atoms with E-state index in [0.29, 0.717) is 31.8 Å². The second-order valence-electron chi connectivity index (χ2n) is 8.84. The average Bonchev–Trinajstić information content (AvgIpc) is 3.29. The van der Waals surface area contributed by atoms with Crippen LogP contribution in [0.25, 0.3) is 0 Å². The van der Waals surface area contributed by atoms with E-state index in [4.69, 9.17) is 14.2 Å². The van der Waals surface area contributed by atoms with Crippen LogP contribution in [0.2, 0.25) is 0 Å². The van der Waals surface area contributed by atoms with Crippen LogP contribution in [0, 0.1) is 0 Å². The van der Waals surface area contributed by atoms with Crippen molar-refractivity contribution in [3.05, 3.63) is 132 Å². The average molecular weight is 480 g/mol. The fraction of sp³-hybridized carbons (Fsp3) is 0.194. The van der Waals surface area contributed by atoms with Crippen LogP contribution in [0.3, 0.4) is 0 Å². The predicted molar refractivity (Wildman–Crippen MR) is 139 cm³/mol. The lowest BCUT2D eigenvalue weighted by atomic mass is 10.0. The Morgan fingerprint density at radius 1 is 0.722 bits per heavy atom. The second kappa shape index (κ2) is 11.5. The zero-order chi connectivity index (χ0) is 24.6.